The van der Waals surface area contributed by atoms with Crippen molar-refractivity contribution in [2.24, 2.45) is 0 Å². The van der Waals surface area contributed by atoms with Crippen LogP contribution in [0.2, 0.25) is 0 Å². The highest BCUT2D eigenvalue weighted by Crippen LogP contribution is 2.25. The monoisotopic (exact) mass is 362 g/mol. The summed E-state index contributed by atoms with van der Waals surface area (Å²) in [4.78, 5) is 12.1. The molecule has 148 valence electrons. The Balaban J connectivity index is 2.55. The largest absolute Gasteiger partial charge is 0.387 e. The lowest BCUT2D eigenvalue weighted by Gasteiger charge is -2.41. The summed E-state index contributed by atoms with van der Waals surface area (Å²) in [7, 11) is 0. The van der Waals surface area contributed by atoms with E-state index in [0.717, 1.165) is 38.5 Å². The Bertz CT molecular complexity index is 376. The maximum Gasteiger partial charge on any atom is 0.186 e. The molecule has 1 saturated heterocycles. The van der Waals surface area contributed by atoms with Gasteiger partial charge in [-0.25, -0.2) is 0 Å². The highest BCUT2D eigenvalue weighted by atomic mass is 16.7. The van der Waals surface area contributed by atoms with E-state index in [9.17, 15) is 25.2 Å². The quantitative estimate of drug-likeness (QED) is 0.381. The third-order valence-electron chi connectivity index (χ3n) is 4.55. The minimum atomic E-state index is -1.56. The second-order valence-electron chi connectivity index (χ2n) is 6.74. The molecule has 1 aliphatic heterocycles. The number of Topliss-reactive ketones (excluding diaryl/α,β-unsaturated/α-hetero) is 1. The Morgan fingerprint density at radius 3 is 2.24 bits per heavy atom. The highest BCUT2D eigenvalue weighted by molar-refractivity contribution is 5.83. The minimum Gasteiger partial charge on any atom is -0.387 e. The standard InChI is InChI=1S/C18H34O7/c1-3-5-7-8-9-10-12(19)13(20)17-15(22)14(21)16(23)18(25-17)24-11-6-4-2/h13-18,20-23H,3-11H2,1-2H3/t13?,14-,15-,16+,17+,18?/m0/s1. The predicted molar refractivity (Wildman–Crippen MR) is 91.9 cm³/mol. The molecule has 1 rings (SSSR count). The molecule has 0 amide bonds. The first kappa shape index (κ1) is 22.5. The van der Waals surface area contributed by atoms with Crippen molar-refractivity contribution in [3.8, 4) is 0 Å². The average Bonchev–Trinajstić information content (AvgIpc) is 2.61. The zero-order chi connectivity index (χ0) is 18.8. The molecule has 1 heterocycles. The molecule has 0 aromatic rings. The van der Waals surface area contributed by atoms with Gasteiger partial charge in [0, 0.05) is 13.0 Å². The van der Waals surface area contributed by atoms with Gasteiger partial charge in [-0.2, -0.15) is 0 Å². The summed E-state index contributed by atoms with van der Waals surface area (Å²) >= 11 is 0. The van der Waals surface area contributed by atoms with Crippen LogP contribution in [0, 0.1) is 0 Å². The van der Waals surface area contributed by atoms with Gasteiger partial charge in [0.05, 0.1) is 0 Å². The molecule has 7 nitrogen and oxygen atoms in total. The lowest BCUT2D eigenvalue weighted by atomic mass is 9.92. The number of carbonyl (C=O) groups excluding carboxylic acids is 1. The molecule has 6 atom stereocenters. The SMILES string of the molecule is CCCCCCCC(=O)C(O)[C@H]1OC(OCCCC)[C@H](O)[C@@H](O)[C@@H]1O. The lowest BCUT2D eigenvalue weighted by Crippen LogP contribution is -2.62. The molecule has 0 aromatic heterocycles. The van der Waals surface area contributed by atoms with Crippen LogP contribution in [-0.4, -0.2) is 69.6 Å². The third-order valence-corrected chi connectivity index (χ3v) is 4.55. The maximum absolute atomic E-state index is 12.1. The minimum absolute atomic E-state index is 0.192. The molecule has 0 radical (unpaired) electrons. The van der Waals surface area contributed by atoms with Crippen LogP contribution in [0.4, 0.5) is 0 Å². The van der Waals surface area contributed by atoms with E-state index in [2.05, 4.69) is 6.92 Å². The summed E-state index contributed by atoms with van der Waals surface area (Å²) in [5, 5.41) is 40.2. The van der Waals surface area contributed by atoms with Crippen LogP contribution in [0.3, 0.4) is 0 Å². The molecule has 4 N–H and O–H groups in total. The van der Waals surface area contributed by atoms with Gasteiger partial charge in [0.2, 0.25) is 0 Å². The van der Waals surface area contributed by atoms with Crippen LogP contribution in [-0.2, 0) is 14.3 Å². The van der Waals surface area contributed by atoms with Gasteiger partial charge < -0.3 is 29.9 Å². The van der Waals surface area contributed by atoms with E-state index in [0.29, 0.717) is 13.0 Å². The molecule has 1 fully saturated rings. The van der Waals surface area contributed by atoms with E-state index in [4.69, 9.17) is 9.47 Å². The summed E-state index contributed by atoms with van der Waals surface area (Å²) in [6.45, 7) is 4.40. The van der Waals surface area contributed by atoms with E-state index in [1.807, 2.05) is 6.92 Å². The molecule has 0 aromatic carbocycles. The number of hydrogen-bond acceptors (Lipinski definition) is 7. The van der Waals surface area contributed by atoms with E-state index in [1.54, 1.807) is 0 Å². The fraction of sp³-hybridized carbons (Fsp3) is 0.944. The Labute approximate surface area is 150 Å². The van der Waals surface area contributed by atoms with E-state index >= 15 is 0 Å². The van der Waals surface area contributed by atoms with Gasteiger partial charge in [-0.15, -0.1) is 0 Å². The first-order valence-corrected chi connectivity index (χ1v) is 9.46. The molecular weight excluding hydrogens is 328 g/mol. The van der Waals surface area contributed by atoms with E-state index in [-0.39, 0.29) is 6.42 Å². The number of aliphatic hydroxyl groups is 4. The van der Waals surface area contributed by atoms with Crippen LogP contribution < -0.4 is 0 Å². The summed E-state index contributed by atoms with van der Waals surface area (Å²) in [5.41, 5.74) is 0. The molecule has 0 saturated carbocycles. The van der Waals surface area contributed by atoms with Gasteiger partial charge in [0.15, 0.2) is 12.1 Å². The van der Waals surface area contributed by atoms with E-state index < -0.39 is 42.6 Å². The number of aliphatic hydroxyl groups excluding tert-OH is 4. The Kier molecular flexibility index (Phi) is 10.7. The lowest BCUT2D eigenvalue weighted by molar-refractivity contribution is -0.307. The number of unbranched alkanes of at least 4 members (excludes halogenated alkanes) is 5. The topological polar surface area (TPSA) is 116 Å². The summed E-state index contributed by atoms with van der Waals surface area (Å²) < 4.78 is 10.8. The normalized spacial score (nSPS) is 31.0. The van der Waals surface area contributed by atoms with Crippen molar-refractivity contribution in [2.45, 2.75) is 102 Å². The molecular formula is C18H34O7. The van der Waals surface area contributed by atoms with Gasteiger partial charge >= 0.3 is 0 Å². The summed E-state index contributed by atoms with van der Waals surface area (Å²) in [6, 6.07) is 0. The van der Waals surface area contributed by atoms with Crippen LogP contribution >= 0.6 is 0 Å². The highest BCUT2D eigenvalue weighted by Gasteiger charge is 2.48. The number of ketones is 1. The van der Waals surface area contributed by atoms with E-state index in [1.165, 1.54) is 0 Å². The fourth-order valence-electron chi connectivity index (χ4n) is 2.85. The number of rotatable bonds is 12. The first-order chi connectivity index (χ1) is 11.9. The maximum atomic E-state index is 12.1. The number of ether oxygens (including phenoxy) is 2. The van der Waals surface area contributed by atoms with Gasteiger partial charge in [-0.1, -0.05) is 46.0 Å². The number of carbonyl (C=O) groups is 1. The predicted octanol–water partition coefficient (Wildman–Crippen LogP) is 0.901. The zero-order valence-corrected chi connectivity index (χ0v) is 15.3. The average molecular weight is 362 g/mol. The second kappa shape index (κ2) is 11.9. The Morgan fingerprint density at radius 2 is 1.60 bits per heavy atom. The summed E-state index contributed by atoms with van der Waals surface area (Å²) in [5.74, 6) is -0.434. The molecule has 7 heteroatoms. The molecule has 1 aliphatic rings. The van der Waals surface area contributed by atoms with Gasteiger partial charge in [0.1, 0.15) is 30.5 Å². The van der Waals surface area contributed by atoms with Crippen molar-refractivity contribution < 1.29 is 34.7 Å². The van der Waals surface area contributed by atoms with Crippen molar-refractivity contribution in [3.05, 3.63) is 0 Å². The van der Waals surface area contributed by atoms with Gasteiger partial charge in [-0.3, -0.25) is 4.79 Å². The Hall–Kier alpha value is -0.570. The zero-order valence-electron chi connectivity index (χ0n) is 15.3. The Morgan fingerprint density at radius 1 is 0.960 bits per heavy atom. The van der Waals surface area contributed by atoms with Gasteiger partial charge in [-0.05, 0) is 12.8 Å². The molecule has 25 heavy (non-hydrogen) atoms. The molecule has 0 aliphatic carbocycles. The first-order valence-electron chi connectivity index (χ1n) is 9.46. The van der Waals surface area contributed by atoms with Crippen LogP contribution in [0.1, 0.15) is 65.2 Å². The van der Waals surface area contributed by atoms with Crippen LogP contribution in [0.5, 0.6) is 0 Å². The fourth-order valence-corrected chi connectivity index (χ4v) is 2.85. The smallest absolute Gasteiger partial charge is 0.186 e. The van der Waals surface area contributed by atoms with Crippen molar-refractivity contribution in [2.75, 3.05) is 6.61 Å². The van der Waals surface area contributed by atoms with Crippen LogP contribution in [0.15, 0.2) is 0 Å². The summed E-state index contributed by atoms with van der Waals surface area (Å²) in [6.07, 6.45) is -1.91. The molecule has 0 bridgehead atoms. The van der Waals surface area contributed by atoms with Crippen LogP contribution in [0.25, 0.3) is 0 Å². The third kappa shape index (κ3) is 6.92. The van der Waals surface area contributed by atoms with Crippen molar-refractivity contribution in [1.82, 2.24) is 0 Å². The van der Waals surface area contributed by atoms with Gasteiger partial charge in [0.25, 0.3) is 0 Å². The number of hydrogen-bond donors (Lipinski definition) is 4. The molecule has 2 unspecified atom stereocenters. The molecule has 0 spiro atoms. The van der Waals surface area contributed by atoms with Crippen molar-refractivity contribution in [1.29, 1.82) is 0 Å². The second-order valence-corrected chi connectivity index (χ2v) is 6.74. The van der Waals surface area contributed by atoms with Crippen molar-refractivity contribution in [3.63, 3.8) is 0 Å². The van der Waals surface area contributed by atoms with Crippen molar-refractivity contribution >= 4 is 5.78 Å².